The van der Waals surface area contributed by atoms with Crippen LogP contribution in [0.1, 0.15) is 106 Å². The van der Waals surface area contributed by atoms with E-state index in [-0.39, 0.29) is 18.2 Å². The maximum Gasteiger partial charge on any atom is 0.410 e. The van der Waals surface area contributed by atoms with Crippen molar-refractivity contribution < 1.29 is 23.8 Å². The molecule has 2 saturated heterocycles. The van der Waals surface area contributed by atoms with Crippen molar-refractivity contribution in [2.75, 3.05) is 108 Å². The number of hydrogen-bond acceptors (Lipinski definition) is 12. The maximum absolute atomic E-state index is 13.5. The van der Waals surface area contributed by atoms with Crippen LogP contribution in [0.25, 0.3) is 0 Å². The minimum Gasteiger partial charge on any atom is -0.444 e. The summed E-state index contributed by atoms with van der Waals surface area (Å²) in [5, 5.41) is 3.51. The molecule has 0 unspecified atom stereocenters. The summed E-state index contributed by atoms with van der Waals surface area (Å²) in [5.41, 5.74) is 5.15. The van der Waals surface area contributed by atoms with Gasteiger partial charge in [-0.05, 0) is 98.3 Å². The highest BCUT2D eigenvalue weighted by Gasteiger charge is 2.31. The molecule has 0 radical (unpaired) electrons. The van der Waals surface area contributed by atoms with E-state index in [4.69, 9.17) is 24.9 Å². The first-order valence-corrected chi connectivity index (χ1v) is 21.3. The van der Waals surface area contributed by atoms with Gasteiger partial charge in [-0.15, -0.1) is 0 Å². The fourth-order valence-electron chi connectivity index (χ4n) is 8.32. The minimum atomic E-state index is -0.580. The third kappa shape index (κ3) is 14.7. The zero-order valence-electron chi connectivity index (χ0n) is 35.0. The molecule has 0 bridgehead atoms. The van der Waals surface area contributed by atoms with Gasteiger partial charge in [-0.1, -0.05) is 19.3 Å². The molecule has 14 nitrogen and oxygen atoms in total. The number of piperazine rings is 1. The highest BCUT2D eigenvalue weighted by atomic mass is 16.6. The van der Waals surface area contributed by atoms with Crippen molar-refractivity contribution in [1.29, 1.82) is 0 Å². The average Bonchev–Trinajstić information content (AvgIpc) is 3.14. The molecule has 1 aromatic heterocycles. The summed E-state index contributed by atoms with van der Waals surface area (Å²) in [4.78, 5) is 47.3. The van der Waals surface area contributed by atoms with E-state index in [0.29, 0.717) is 49.7 Å². The van der Waals surface area contributed by atoms with Crippen LogP contribution < -0.4 is 16.0 Å². The SMILES string of the molecule is CC(C)(C)OC(=O)N(CCCN(C(=O)OC(C)(C)C)C1CCCCC1)CC1CCC(CNc2nc(N)cc(N3CCN(CCN4CCOCC4)CC3)n2)CC1. The first kappa shape index (κ1) is 43.0. The molecule has 2 aliphatic carbocycles. The van der Waals surface area contributed by atoms with Crippen molar-refractivity contribution in [2.24, 2.45) is 11.8 Å². The zero-order chi connectivity index (χ0) is 39.4. The largest absolute Gasteiger partial charge is 0.444 e. The van der Waals surface area contributed by atoms with Gasteiger partial charge in [0, 0.05) is 90.6 Å². The number of nitrogens with two attached hydrogens (primary N) is 1. The van der Waals surface area contributed by atoms with E-state index in [0.717, 1.165) is 129 Å². The average molecular weight is 772 g/mol. The molecule has 312 valence electrons. The van der Waals surface area contributed by atoms with Gasteiger partial charge in [0.05, 0.1) is 13.2 Å². The number of carbonyl (C=O) groups is 2. The molecule has 4 aliphatic rings. The van der Waals surface area contributed by atoms with Crippen LogP contribution in [0.4, 0.5) is 27.2 Å². The number of nitrogens with zero attached hydrogens (tertiary/aromatic N) is 7. The van der Waals surface area contributed by atoms with E-state index < -0.39 is 11.2 Å². The Morgan fingerprint density at radius 2 is 1.40 bits per heavy atom. The Hall–Kier alpha value is -3.10. The second kappa shape index (κ2) is 20.4. The quantitative estimate of drug-likeness (QED) is 0.232. The highest BCUT2D eigenvalue weighted by molar-refractivity contribution is 5.69. The first-order chi connectivity index (χ1) is 26.2. The van der Waals surface area contributed by atoms with Crippen LogP contribution in [0.5, 0.6) is 0 Å². The summed E-state index contributed by atoms with van der Waals surface area (Å²) in [5.74, 6) is 2.86. The van der Waals surface area contributed by atoms with E-state index in [1.165, 1.54) is 6.42 Å². The monoisotopic (exact) mass is 772 g/mol. The molecule has 5 rings (SSSR count). The number of nitrogens with one attached hydrogen (secondary N) is 1. The number of rotatable bonds is 14. The highest BCUT2D eigenvalue weighted by Crippen LogP contribution is 2.31. The Kier molecular flexibility index (Phi) is 15.9. The first-order valence-electron chi connectivity index (χ1n) is 21.3. The predicted molar refractivity (Wildman–Crippen MR) is 219 cm³/mol. The molecular formula is C41H73N9O5. The lowest BCUT2D eigenvalue weighted by Crippen LogP contribution is -2.49. The predicted octanol–water partition coefficient (Wildman–Crippen LogP) is 5.93. The molecule has 2 saturated carbocycles. The van der Waals surface area contributed by atoms with Gasteiger partial charge >= 0.3 is 12.2 Å². The van der Waals surface area contributed by atoms with Crippen LogP contribution in [-0.2, 0) is 14.2 Å². The molecule has 55 heavy (non-hydrogen) atoms. The van der Waals surface area contributed by atoms with Crippen LogP contribution >= 0.6 is 0 Å². The van der Waals surface area contributed by atoms with Crippen LogP contribution in [0.3, 0.4) is 0 Å². The second-order valence-electron chi connectivity index (χ2n) is 18.3. The summed E-state index contributed by atoms with van der Waals surface area (Å²) < 4.78 is 17.2. The molecule has 2 aliphatic heterocycles. The number of amides is 2. The van der Waals surface area contributed by atoms with Gasteiger partial charge in [-0.2, -0.15) is 9.97 Å². The molecule has 0 atom stereocenters. The van der Waals surface area contributed by atoms with E-state index in [9.17, 15) is 9.59 Å². The Labute approximate surface area is 331 Å². The third-order valence-corrected chi connectivity index (χ3v) is 11.4. The molecular weight excluding hydrogens is 699 g/mol. The van der Waals surface area contributed by atoms with Crippen molar-refractivity contribution in [2.45, 2.75) is 123 Å². The van der Waals surface area contributed by atoms with E-state index in [1.54, 1.807) is 0 Å². The molecule has 2 amide bonds. The molecule has 14 heteroatoms. The minimum absolute atomic E-state index is 0.193. The smallest absolute Gasteiger partial charge is 0.410 e. The van der Waals surface area contributed by atoms with Gasteiger partial charge in [0.2, 0.25) is 5.95 Å². The van der Waals surface area contributed by atoms with Gasteiger partial charge < -0.3 is 40.0 Å². The Morgan fingerprint density at radius 3 is 2.04 bits per heavy atom. The van der Waals surface area contributed by atoms with Crippen molar-refractivity contribution in [1.82, 2.24) is 29.6 Å². The Balaban J connectivity index is 1.08. The van der Waals surface area contributed by atoms with Gasteiger partial charge in [-0.25, -0.2) is 9.59 Å². The molecule has 3 N–H and O–H groups in total. The number of hydrogen-bond donors (Lipinski definition) is 2. The van der Waals surface area contributed by atoms with Gasteiger partial charge in [0.1, 0.15) is 22.8 Å². The van der Waals surface area contributed by atoms with E-state index in [1.807, 2.05) is 57.4 Å². The van der Waals surface area contributed by atoms with Gasteiger partial charge in [0.25, 0.3) is 0 Å². The lowest BCUT2D eigenvalue weighted by atomic mass is 9.81. The summed E-state index contributed by atoms with van der Waals surface area (Å²) in [6.45, 7) is 23.8. The number of nitrogen functional groups attached to an aromatic ring is 1. The third-order valence-electron chi connectivity index (χ3n) is 11.4. The van der Waals surface area contributed by atoms with Crippen molar-refractivity contribution >= 4 is 29.8 Å². The Morgan fingerprint density at radius 1 is 0.800 bits per heavy atom. The normalized spacial score (nSPS) is 22.3. The topological polar surface area (TPSA) is 142 Å². The van der Waals surface area contributed by atoms with Crippen molar-refractivity contribution in [3.8, 4) is 0 Å². The number of anilines is 3. The van der Waals surface area contributed by atoms with Crippen LogP contribution in [-0.4, -0.2) is 151 Å². The van der Waals surface area contributed by atoms with Gasteiger partial charge in [-0.3, -0.25) is 9.80 Å². The fraction of sp³-hybridized carbons (Fsp3) is 0.854. The molecule has 4 fully saturated rings. The standard InChI is InChI=1S/C41H73N9O5/c1-40(2,3)54-38(51)49(17-10-18-50(34-11-8-7-9-12-34)39(52)55-41(4,5)6)31-33-15-13-32(14-16-33)30-43-37-44-35(42)29-36(45-37)48-23-21-46(22-24-48)19-20-47-25-27-53-28-26-47/h29,32-34H,7-28,30-31H2,1-6H3,(H3,42,43,44,45). The molecule has 0 spiro atoms. The van der Waals surface area contributed by atoms with E-state index in [2.05, 4.69) is 25.0 Å². The second-order valence-corrected chi connectivity index (χ2v) is 18.3. The van der Waals surface area contributed by atoms with Crippen LogP contribution in [0.2, 0.25) is 0 Å². The molecule has 1 aromatic rings. The number of aromatic nitrogens is 2. The van der Waals surface area contributed by atoms with Gasteiger partial charge in [0.15, 0.2) is 0 Å². The molecule has 3 heterocycles. The van der Waals surface area contributed by atoms with Crippen molar-refractivity contribution in [3.63, 3.8) is 0 Å². The number of morpholine rings is 1. The zero-order valence-corrected chi connectivity index (χ0v) is 35.0. The maximum atomic E-state index is 13.5. The number of ether oxygens (including phenoxy) is 3. The van der Waals surface area contributed by atoms with Crippen LogP contribution in [0.15, 0.2) is 6.07 Å². The summed E-state index contributed by atoms with van der Waals surface area (Å²) in [6, 6.07) is 2.08. The lowest BCUT2D eigenvalue weighted by Gasteiger charge is -2.37. The summed E-state index contributed by atoms with van der Waals surface area (Å²) in [7, 11) is 0. The molecule has 0 aromatic carbocycles. The fourth-order valence-corrected chi connectivity index (χ4v) is 8.32. The number of carbonyl (C=O) groups excluding carboxylic acids is 2. The lowest BCUT2D eigenvalue weighted by molar-refractivity contribution is 0.00903. The van der Waals surface area contributed by atoms with Crippen LogP contribution in [0, 0.1) is 11.8 Å². The van der Waals surface area contributed by atoms with E-state index >= 15 is 0 Å². The van der Waals surface area contributed by atoms with Crippen molar-refractivity contribution in [3.05, 3.63) is 6.07 Å². The Bertz CT molecular complexity index is 1330. The summed E-state index contributed by atoms with van der Waals surface area (Å²) in [6.07, 6.45) is 9.86. The summed E-state index contributed by atoms with van der Waals surface area (Å²) >= 11 is 0.